The standard InChI is InChI=1S/C31H30N6O/c1-20-19-33-29-14-13-27(37(3)4)18-28(29)30(20)35-24-7-5-22(6-8-24)31(38)36-25-11-9-23(10-12-25)34-26-15-16-32-21(2)17-26/h5-19H,1-4H3,(H,32,34)(H,33,35)(H,36,38). The fourth-order valence-corrected chi connectivity index (χ4v) is 4.20. The van der Waals surface area contributed by atoms with Gasteiger partial charge >= 0.3 is 0 Å². The number of carbonyl (C=O) groups is 1. The summed E-state index contributed by atoms with van der Waals surface area (Å²) in [5.41, 5.74) is 9.14. The predicted molar refractivity (Wildman–Crippen MR) is 157 cm³/mol. The van der Waals surface area contributed by atoms with Gasteiger partial charge in [-0.2, -0.15) is 0 Å². The van der Waals surface area contributed by atoms with Crippen molar-refractivity contribution in [1.29, 1.82) is 0 Å². The zero-order valence-electron chi connectivity index (χ0n) is 21.9. The number of nitrogens with one attached hydrogen (secondary N) is 3. The van der Waals surface area contributed by atoms with Gasteiger partial charge in [0.05, 0.1) is 11.2 Å². The second-order valence-electron chi connectivity index (χ2n) is 9.46. The highest BCUT2D eigenvalue weighted by atomic mass is 16.1. The Bertz CT molecular complexity index is 1590. The van der Waals surface area contributed by atoms with Crippen molar-refractivity contribution in [2.75, 3.05) is 34.9 Å². The first-order chi connectivity index (χ1) is 18.4. The van der Waals surface area contributed by atoms with E-state index in [0.717, 1.165) is 56.3 Å². The SMILES string of the molecule is Cc1cc(Nc2ccc(NC(=O)c3ccc(Nc4c(C)cnc5ccc(N(C)C)cc45)cc3)cc2)ccn1. The van der Waals surface area contributed by atoms with Crippen LogP contribution in [0.15, 0.2) is 91.3 Å². The van der Waals surface area contributed by atoms with Crippen LogP contribution < -0.4 is 20.9 Å². The summed E-state index contributed by atoms with van der Waals surface area (Å²) in [5, 5.41) is 10.9. The lowest BCUT2D eigenvalue weighted by atomic mass is 10.1. The molecule has 7 nitrogen and oxygen atoms in total. The molecule has 0 aliphatic heterocycles. The van der Waals surface area contributed by atoms with Gasteiger partial charge in [0, 0.05) is 71.6 Å². The van der Waals surface area contributed by atoms with Crippen molar-refractivity contribution in [3.8, 4) is 0 Å². The van der Waals surface area contributed by atoms with Crippen molar-refractivity contribution in [2.24, 2.45) is 0 Å². The molecule has 0 fully saturated rings. The van der Waals surface area contributed by atoms with Gasteiger partial charge in [0.2, 0.25) is 0 Å². The number of fused-ring (bicyclic) bond motifs is 1. The molecule has 0 spiro atoms. The van der Waals surface area contributed by atoms with E-state index >= 15 is 0 Å². The van der Waals surface area contributed by atoms with E-state index in [4.69, 9.17) is 0 Å². The molecule has 0 aliphatic carbocycles. The maximum absolute atomic E-state index is 12.9. The first-order valence-corrected chi connectivity index (χ1v) is 12.4. The fourth-order valence-electron chi connectivity index (χ4n) is 4.20. The third-order valence-electron chi connectivity index (χ3n) is 6.30. The quantitative estimate of drug-likeness (QED) is 0.221. The molecular weight excluding hydrogens is 472 g/mol. The summed E-state index contributed by atoms with van der Waals surface area (Å²) in [5.74, 6) is -0.164. The minimum Gasteiger partial charge on any atom is -0.378 e. The van der Waals surface area contributed by atoms with Crippen molar-refractivity contribution >= 4 is 50.9 Å². The Morgan fingerprint density at radius 3 is 2.13 bits per heavy atom. The van der Waals surface area contributed by atoms with Crippen LogP contribution in [0, 0.1) is 13.8 Å². The van der Waals surface area contributed by atoms with Gasteiger partial charge < -0.3 is 20.9 Å². The average molecular weight is 503 g/mol. The average Bonchev–Trinajstić information content (AvgIpc) is 2.91. The van der Waals surface area contributed by atoms with E-state index in [1.807, 2.05) is 101 Å². The van der Waals surface area contributed by atoms with Crippen LogP contribution in [0.3, 0.4) is 0 Å². The van der Waals surface area contributed by atoms with Crippen LogP contribution in [-0.2, 0) is 0 Å². The van der Waals surface area contributed by atoms with E-state index < -0.39 is 0 Å². The number of rotatable bonds is 7. The molecule has 5 rings (SSSR count). The highest BCUT2D eigenvalue weighted by Crippen LogP contribution is 2.31. The van der Waals surface area contributed by atoms with Crippen LogP contribution in [0.25, 0.3) is 10.9 Å². The monoisotopic (exact) mass is 502 g/mol. The summed E-state index contributed by atoms with van der Waals surface area (Å²) in [6.07, 6.45) is 3.65. The van der Waals surface area contributed by atoms with Crippen molar-refractivity contribution in [2.45, 2.75) is 13.8 Å². The van der Waals surface area contributed by atoms with Crippen molar-refractivity contribution in [3.05, 3.63) is 108 Å². The lowest BCUT2D eigenvalue weighted by Gasteiger charge is -2.17. The van der Waals surface area contributed by atoms with E-state index in [2.05, 4.69) is 43.0 Å². The molecule has 0 saturated heterocycles. The van der Waals surface area contributed by atoms with Gasteiger partial charge in [0.25, 0.3) is 5.91 Å². The van der Waals surface area contributed by atoms with Crippen LogP contribution in [-0.4, -0.2) is 30.0 Å². The van der Waals surface area contributed by atoms with Crippen LogP contribution >= 0.6 is 0 Å². The third-order valence-corrected chi connectivity index (χ3v) is 6.30. The van der Waals surface area contributed by atoms with Gasteiger partial charge in [0.15, 0.2) is 0 Å². The molecule has 0 aliphatic rings. The highest BCUT2D eigenvalue weighted by molar-refractivity contribution is 6.04. The Labute approximate surface area is 222 Å². The Balaban J connectivity index is 1.27. The van der Waals surface area contributed by atoms with Crippen molar-refractivity contribution in [1.82, 2.24) is 9.97 Å². The van der Waals surface area contributed by atoms with Gasteiger partial charge in [-0.15, -0.1) is 0 Å². The molecule has 5 aromatic rings. The number of amides is 1. The summed E-state index contributed by atoms with van der Waals surface area (Å²) in [7, 11) is 4.05. The molecule has 190 valence electrons. The molecule has 2 aromatic heterocycles. The van der Waals surface area contributed by atoms with Crippen LogP contribution in [0.2, 0.25) is 0 Å². The number of pyridine rings is 2. The number of carbonyl (C=O) groups excluding carboxylic acids is 1. The van der Waals surface area contributed by atoms with E-state index in [1.165, 1.54) is 0 Å². The van der Waals surface area contributed by atoms with Gasteiger partial charge in [-0.05, 0) is 98.3 Å². The molecule has 0 bridgehead atoms. The van der Waals surface area contributed by atoms with Gasteiger partial charge in [-0.3, -0.25) is 14.8 Å². The number of hydrogen-bond acceptors (Lipinski definition) is 6. The minimum atomic E-state index is -0.164. The third kappa shape index (κ3) is 5.57. The highest BCUT2D eigenvalue weighted by Gasteiger charge is 2.10. The van der Waals surface area contributed by atoms with E-state index in [9.17, 15) is 4.79 Å². The topological polar surface area (TPSA) is 82.2 Å². The van der Waals surface area contributed by atoms with Gasteiger partial charge in [-0.25, -0.2) is 0 Å². The summed E-state index contributed by atoms with van der Waals surface area (Å²) in [6, 6.07) is 25.2. The van der Waals surface area contributed by atoms with E-state index in [0.29, 0.717) is 5.56 Å². The van der Waals surface area contributed by atoms with E-state index in [1.54, 1.807) is 6.20 Å². The number of anilines is 6. The number of hydrogen-bond donors (Lipinski definition) is 3. The maximum Gasteiger partial charge on any atom is 0.255 e. The van der Waals surface area contributed by atoms with Gasteiger partial charge in [-0.1, -0.05) is 0 Å². The Hall–Kier alpha value is -4.91. The molecule has 7 heteroatoms. The van der Waals surface area contributed by atoms with Crippen LogP contribution in [0.1, 0.15) is 21.6 Å². The normalized spacial score (nSPS) is 10.7. The Morgan fingerprint density at radius 1 is 0.737 bits per heavy atom. The number of benzene rings is 3. The number of nitrogens with zero attached hydrogens (tertiary/aromatic N) is 3. The maximum atomic E-state index is 12.9. The molecule has 0 radical (unpaired) electrons. The molecule has 2 heterocycles. The summed E-state index contributed by atoms with van der Waals surface area (Å²) in [4.78, 5) is 23.7. The fraction of sp³-hybridized carbons (Fsp3) is 0.129. The zero-order chi connectivity index (χ0) is 26.6. The number of aromatic nitrogens is 2. The lowest BCUT2D eigenvalue weighted by Crippen LogP contribution is -2.11. The molecule has 0 saturated carbocycles. The predicted octanol–water partition coefficient (Wildman–Crippen LogP) is 7.05. The molecule has 38 heavy (non-hydrogen) atoms. The summed E-state index contributed by atoms with van der Waals surface area (Å²) in [6.45, 7) is 3.99. The largest absolute Gasteiger partial charge is 0.378 e. The van der Waals surface area contributed by atoms with Crippen LogP contribution in [0.4, 0.5) is 34.1 Å². The lowest BCUT2D eigenvalue weighted by molar-refractivity contribution is 0.102. The molecule has 3 aromatic carbocycles. The second kappa shape index (κ2) is 10.6. The first-order valence-electron chi connectivity index (χ1n) is 12.4. The Kier molecular flexibility index (Phi) is 6.91. The molecule has 1 amide bonds. The van der Waals surface area contributed by atoms with Gasteiger partial charge in [0.1, 0.15) is 0 Å². The summed E-state index contributed by atoms with van der Waals surface area (Å²) >= 11 is 0. The van der Waals surface area contributed by atoms with E-state index in [-0.39, 0.29) is 5.91 Å². The van der Waals surface area contributed by atoms with Crippen molar-refractivity contribution < 1.29 is 4.79 Å². The molecule has 3 N–H and O–H groups in total. The second-order valence-corrected chi connectivity index (χ2v) is 9.46. The number of aryl methyl sites for hydroxylation is 2. The Morgan fingerprint density at radius 2 is 1.42 bits per heavy atom. The molecule has 0 atom stereocenters. The summed E-state index contributed by atoms with van der Waals surface area (Å²) < 4.78 is 0. The minimum absolute atomic E-state index is 0.164. The smallest absolute Gasteiger partial charge is 0.255 e. The van der Waals surface area contributed by atoms with Crippen LogP contribution in [0.5, 0.6) is 0 Å². The molecule has 0 unspecified atom stereocenters. The first kappa shape index (κ1) is 24.8. The molecular formula is C31H30N6O. The zero-order valence-corrected chi connectivity index (χ0v) is 21.9. The van der Waals surface area contributed by atoms with Crippen molar-refractivity contribution in [3.63, 3.8) is 0 Å².